The van der Waals surface area contributed by atoms with Crippen molar-refractivity contribution in [1.29, 1.82) is 0 Å². The van der Waals surface area contributed by atoms with Crippen LogP contribution in [0.4, 0.5) is 17.3 Å². The van der Waals surface area contributed by atoms with Crippen LogP contribution in [-0.2, 0) is 0 Å². The summed E-state index contributed by atoms with van der Waals surface area (Å²) in [5.74, 6) is 2.71. The molecule has 114 valence electrons. The molecule has 0 spiro atoms. The number of hydrogen-bond acceptors (Lipinski definition) is 4. The monoisotopic (exact) mass is 369 g/mol. The van der Waals surface area contributed by atoms with Crippen molar-refractivity contribution in [3.8, 4) is 5.75 Å². The third-order valence-corrected chi connectivity index (χ3v) is 5.91. The molecular weight excluding hydrogens is 353 g/mol. The first-order chi connectivity index (χ1) is 11.3. The number of aromatic nitrogens is 2. The Kier molecular flexibility index (Phi) is 3.52. The number of aryl methyl sites for hydroxylation is 1. The van der Waals surface area contributed by atoms with E-state index >= 15 is 0 Å². The molecule has 2 aromatic heterocycles. The van der Waals surface area contributed by atoms with E-state index in [4.69, 9.17) is 9.72 Å². The fourth-order valence-electron chi connectivity index (χ4n) is 2.67. The Morgan fingerprint density at radius 1 is 1.00 bits per heavy atom. The molecule has 0 atom stereocenters. The molecule has 3 aromatic rings. The van der Waals surface area contributed by atoms with Gasteiger partial charge in [0.05, 0.1) is 0 Å². The number of benzene rings is 1. The third kappa shape index (κ3) is 2.38. The summed E-state index contributed by atoms with van der Waals surface area (Å²) in [4.78, 5) is 11.4. The van der Waals surface area contributed by atoms with Crippen molar-refractivity contribution in [2.45, 2.75) is 6.92 Å². The molecule has 0 saturated heterocycles. The molecule has 5 heteroatoms. The summed E-state index contributed by atoms with van der Waals surface area (Å²) in [6.45, 7) is 2.08. The maximum absolute atomic E-state index is 5.56. The zero-order valence-electron chi connectivity index (χ0n) is 12.9. The number of ether oxygens (including phenoxy) is 1. The fourth-order valence-corrected chi connectivity index (χ4v) is 4.98. The Hall–Kier alpha value is -2.36. The molecule has 3 heterocycles. The van der Waals surface area contributed by atoms with Gasteiger partial charge in [0.15, 0.2) is 0 Å². The topological polar surface area (TPSA) is 38.2 Å². The van der Waals surface area contributed by atoms with E-state index in [1.807, 2.05) is 42.7 Å². The Balaban J connectivity index is 1.99. The summed E-state index contributed by atoms with van der Waals surface area (Å²) < 4.78 is 8.08. The molecule has 4 nitrogen and oxygen atoms in total. The SMILES string of the molecule is COc1ccccc1N1c2ncccc2[Se]c2cc(C)cnc21. The normalized spacial score (nSPS) is 12.5. The second kappa shape index (κ2) is 5.69. The molecule has 4 rings (SSSR count). The van der Waals surface area contributed by atoms with Crippen molar-refractivity contribution in [2.75, 3.05) is 12.0 Å². The van der Waals surface area contributed by atoms with Gasteiger partial charge in [0, 0.05) is 0 Å². The van der Waals surface area contributed by atoms with Crippen LogP contribution in [-0.4, -0.2) is 32.0 Å². The van der Waals surface area contributed by atoms with E-state index in [9.17, 15) is 0 Å². The summed E-state index contributed by atoms with van der Waals surface area (Å²) in [5, 5.41) is 0. The van der Waals surface area contributed by atoms with Crippen LogP contribution in [0.25, 0.3) is 0 Å². The van der Waals surface area contributed by atoms with E-state index in [2.05, 4.69) is 28.9 Å². The zero-order valence-corrected chi connectivity index (χ0v) is 14.6. The van der Waals surface area contributed by atoms with Crippen LogP contribution in [0.2, 0.25) is 0 Å². The summed E-state index contributed by atoms with van der Waals surface area (Å²) in [7, 11) is 1.69. The first-order valence-electron chi connectivity index (χ1n) is 7.30. The van der Waals surface area contributed by atoms with Crippen molar-refractivity contribution >= 4 is 41.2 Å². The molecule has 0 radical (unpaired) electrons. The first kappa shape index (κ1) is 14.2. The molecule has 0 unspecified atom stereocenters. The summed E-state index contributed by atoms with van der Waals surface area (Å²) >= 11 is 0.205. The third-order valence-electron chi connectivity index (χ3n) is 3.69. The van der Waals surface area contributed by atoms with Crippen LogP contribution in [0, 0.1) is 6.92 Å². The number of anilines is 3. The minimum atomic E-state index is 0.205. The van der Waals surface area contributed by atoms with Gasteiger partial charge in [-0.3, -0.25) is 0 Å². The maximum atomic E-state index is 5.56. The number of para-hydroxylation sites is 2. The van der Waals surface area contributed by atoms with Gasteiger partial charge in [-0.25, -0.2) is 0 Å². The van der Waals surface area contributed by atoms with E-state index in [0.29, 0.717) is 0 Å². The number of fused-ring (bicyclic) bond motifs is 2. The molecule has 0 N–H and O–H groups in total. The van der Waals surface area contributed by atoms with Crippen LogP contribution in [0.5, 0.6) is 5.75 Å². The molecule has 0 bridgehead atoms. The number of pyridine rings is 2. The summed E-state index contributed by atoms with van der Waals surface area (Å²) in [6.07, 6.45) is 3.74. The number of rotatable bonds is 2. The van der Waals surface area contributed by atoms with E-state index in [1.54, 1.807) is 7.11 Å². The van der Waals surface area contributed by atoms with Gasteiger partial charge >= 0.3 is 141 Å². The van der Waals surface area contributed by atoms with E-state index in [0.717, 1.165) is 23.1 Å². The fraction of sp³-hybridized carbons (Fsp3) is 0.111. The molecular formula is C18H15N3OSe. The molecule has 23 heavy (non-hydrogen) atoms. The quantitative estimate of drug-likeness (QED) is 0.509. The Labute approximate surface area is 141 Å². The van der Waals surface area contributed by atoms with Gasteiger partial charge in [0.25, 0.3) is 0 Å². The number of methoxy groups -OCH3 is 1. The van der Waals surface area contributed by atoms with E-state index < -0.39 is 0 Å². The van der Waals surface area contributed by atoms with E-state index in [1.165, 1.54) is 14.5 Å². The minimum absolute atomic E-state index is 0.205. The van der Waals surface area contributed by atoms with Gasteiger partial charge in [0.1, 0.15) is 0 Å². The van der Waals surface area contributed by atoms with Gasteiger partial charge < -0.3 is 0 Å². The summed E-state index contributed by atoms with van der Waals surface area (Å²) in [5.41, 5.74) is 2.14. The van der Waals surface area contributed by atoms with Crippen LogP contribution in [0.3, 0.4) is 0 Å². The standard InChI is InChI=1S/C18H15N3OSe/c1-12-10-16-18(20-11-12)21(13-6-3-4-7-14(13)22-2)17-15(23-16)8-5-9-19-17/h3-11H,1-2H3. The van der Waals surface area contributed by atoms with Gasteiger partial charge in [-0.05, 0) is 0 Å². The van der Waals surface area contributed by atoms with Crippen molar-refractivity contribution in [3.63, 3.8) is 0 Å². The Morgan fingerprint density at radius 3 is 2.70 bits per heavy atom. The van der Waals surface area contributed by atoms with Crippen molar-refractivity contribution in [3.05, 3.63) is 60.4 Å². The number of hydrogen-bond donors (Lipinski definition) is 0. The van der Waals surface area contributed by atoms with Crippen LogP contribution in [0.15, 0.2) is 54.9 Å². The zero-order chi connectivity index (χ0) is 15.8. The molecule has 0 saturated carbocycles. The van der Waals surface area contributed by atoms with Gasteiger partial charge in [-0.2, -0.15) is 0 Å². The molecule has 0 fully saturated rings. The predicted octanol–water partition coefficient (Wildman–Crippen LogP) is 2.23. The van der Waals surface area contributed by atoms with Crippen molar-refractivity contribution in [1.82, 2.24) is 9.97 Å². The molecule has 1 aliphatic heterocycles. The van der Waals surface area contributed by atoms with Crippen LogP contribution >= 0.6 is 0 Å². The summed E-state index contributed by atoms with van der Waals surface area (Å²) in [6, 6.07) is 14.4. The number of nitrogens with zero attached hydrogens (tertiary/aromatic N) is 3. The van der Waals surface area contributed by atoms with Gasteiger partial charge in [0.2, 0.25) is 0 Å². The molecule has 0 aliphatic carbocycles. The van der Waals surface area contributed by atoms with E-state index in [-0.39, 0.29) is 15.0 Å². The second-order valence-corrected chi connectivity index (χ2v) is 7.54. The first-order valence-corrected chi connectivity index (χ1v) is 9.02. The second-order valence-electron chi connectivity index (χ2n) is 5.27. The molecule has 1 aliphatic rings. The van der Waals surface area contributed by atoms with Gasteiger partial charge in [-0.1, -0.05) is 0 Å². The average molecular weight is 368 g/mol. The van der Waals surface area contributed by atoms with Gasteiger partial charge in [-0.15, -0.1) is 0 Å². The molecule has 0 amide bonds. The van der Waals surface area contributed by atoms with Crippen molar-refractivity contribution < 1.29 is 4.74 Å². The van der Waals surface area contributed by atoms with Crippen LogP contribution in [0.1, 0.15) is 5.56 Å². The Morgan fingerprint density at radius 2 is 1.83 bits per heavy atom. The Bertz CT molecular complexity index is 882. The predicted molar refractivity (Wildman–Crippen MR) is 93.0 cm³/mol. The van der Waals surface area contributed by atoms with Crippen LogP contribution < -0.4 is 18.6 Å². The average Bonchev–Trinajstić information content (AvgIpc) is 2.59. The van der Waals surface area contributed by atoms with Crippen molar-refractivity contribution in [2.24, 2.45) is 0 Å². The molecule has 1 aromatic carbocycles.